The van der Waals surface area contributed by atoms with Crippen molar-refractivity contribution in [3.8, 4) is 6.07 Å². The Labute approximate surface area is 101 Å². The topological polar surface area (TPSA) is 23.8 Å². The van der Waals surface area contributed by atoms with E-state index in [1.165, 1.54) is 0 Å². The number of benzene rings is 1. The lowest BCUT2D eigenvalue weighted by molar-refractivity contribution is 0.474. The Morgan fingerprint density at radius 3 is 2.47 bits per heavy atom. The fourth-order valence-electron chi connectivity index (χ4n) is 1.35. The lowest BCUT2D eigenvalue weighted by Crippen LogP contribution is -2.09. The van der Waals surface area contributed by atoms with Gasteiger partial charge in [0.05, 0.1) is 12.0 Å². The molecule has 0 aliphatic carbocycles. The smallest absolute Gasteiger partial charge is 0.0661 e. The quantitative estimate of drug-likeness (QED) is 0.773. The SMILES string of the molecule is CC(C)C(C#N)Cc1ccc(Cl)cc1Cl. The number of rotatable bonds is 3. The summed E-state index contributed by atoms with van der Waals surface area (Å²) in [5.74, 6) is 0.338. The highest BCUT2D eigenvalue weighted by Gasteiger charge is 2.14. The van der Waals surface area contributed by atoms with E-state index >= 15 is 0 Å². The van der Waals surface area contributed by atoms with Gasteiger partial charge >= 0.3 is 0 Å². The average Bonchev–Trinajstić information content (AvgIpc) is 2.16. The molecule has 0 aliphatic rings. The van der Waals surface area contributed by atoms with E-state index in [9.17, 15) is 0 Å². The monoisotopic (exact) mass is 241 g/mol. The number of hydrogen-bond donors (Lipinski definition) is 0. The second kappa shape index (κ2) is 5.39. The van der Waals surface area contributed by atoms with Gasteiger partial charge in [0.1, 0.15) is 0 Å². The van der Waals surface area contributed by atoms with Crippen molar-refractivity contribution >= 4 is 23.2 Å². The molecule has 0 saturated carbocycles. The van der Waals surface area contributed by atoms with Gasteiger partial charge in [-0.1, -0.05) is 43.1 Å². The molecular weight excluding hydrogens is 229 g/mol. The molecule has 1 nitrogen and oxygen atoms in total. The van der Waals surface area contributed by atoms with E-state index in [1.54, 1.807) is 12.1 Å². The number of nitriles is 1. The summed E-state index contributed by atoms with van der Waals surface area (Å²) in [5, 5.41) is 10.3. The molecule has 0 amide bonds. The molecule has 1 unspecified atom stereocenters. The summed E-state index contributed by atoms with van der Waals surface area (Å²) in [6.07, 6.45) is 0.685. The molecule has 1 aromatic carbocycles. The van der Waals surface area contributed by atoms with Crippen LogP contribution in [0.1, 0.15) is 19.4 Å². The predicted molar refractivity (Wildman–Crippen MR) is 64.1 cm³/mol. The molecule has 1 aromatic rings. The van der Waals surface area contributed by atoms with Crippen LogP contribution in [-0.2, 0) is 6.42 Å². The summed E-state index contributed by atoms with van der Waals surface area (Å²) in [5.41, 5.74) is 0.987. The lowest BCUT2D eigenvalue weighted by atomic mass is 9.90. The molecule has 80 valence electrons. The molecule has 1 rings (SSSR count). The highest BCUT2D eigenvalue weighted by molar-refractivity contribution is 6.35. The minimum atomic E-state index is 0.00340. The van der Waals surface area contributed by atoms with Gasteiger partial charge in [0, 0.05) is 10.0 Å². The van der Waals surface area contributed by atoms with Crippen molar-refractivity contribution in [2.24, 2.45) is 11.8 Å². The zero-order chi connectivity index (χ0) is 11.4. The van der Waals surface area contributed by atoms with Crippen molar-refractivity contribution in [2.45, 2.75) is 20.3 Å². The summed E-state index contributed by atoms with van der Waals surface area (Å²) in [4.78, 5) is 0. The van der Waals surface area contributed by atoms with Gasteiger partial charge in [-0.15, -0.1) is 0 Å². The second-order valence-electron chi connectivity index (χ2n) is 3.92. The van der Waals surface area contributed by atoms with Crippen LogP contribution < -0.4 is 0 Å². The van der Waals surface area contributed by atoms with Crippen molar-refractivity contribution < 1.29 is 0 Å². The molecule has 1 atom stereocenters. The average molecular weight is 242 g/mol. The molecule has 0 aromatic heterocycles. The summed E-state index contributed by atoms with van der Waals surface area (Å²) in [6, 6.07) is 7.71. The van der Waals surface area contributed by atoms with E-state index in [4.69, 9.17) is 28.5 Å². The van der Waals surface area contributed by atoms with Crippen molar-refractivity contribution in [3.63, 3.8) is 0 Å². The van der Waals surface area contributed by atoms with Crippen LogP contribution in [0.4, 0.5) is 0 Å². The van der Waals surface area contributed by atoms with Crippen LogP contribution in [-0.4, -0.2) is 0 Å². The van der Waals surface area contributed by atoms with Gasteiger partial charge in [0.25, 0.3) is 0 Å². The first kappa shape index (κ1) is 12.4. The Morgan fingerprint density at radius 1 is 1.33 bits per heavy atom. The van der Waals surface area contributed by atoms with E-state index in [-0.39, 0.29) is 5.92 Å². The predicted octanol–water partition coefficient (Wildman–Crippen LogP) is 4.33. The standard InChI is InChI=1S/C12H13Cl2N/c1-8(2)10(7-15)5-9-3-4-11(13)6-12(9)14/h3-4,6,8,10H,5H2,1-2H3. The van der Waals surface area contributed by atoms with Crippen molar-refractivity contribution in [1.82, 2.24) is 0 Å². The molecule has 15 heavy (non-hydrogen) atoms. The van der Waals surface area contributed by atoms with Crippen LogP contribution in [0.2, 0.25) is 10.0 Å². The Balaban J connectivity index is 2.85. The molecule has 0 N–H and O–H groups in total. The third-order valence-electron chi connectivity index (χ3n) is 2.43. The first-order valence-corrected chi connectivity index (χ1v) is 5.63. The highest BCUT2D eigenvalue weighted by atomic mass is 35.5. The third kappa shape index (κ3) is 3.41. The number of hydrogen-bond acceptors (Lipinski definition) is 1. The fraction of sp³-hybridized carbons (Fsp3) is 0.417. The van der Waals surface area contributed by atoms with Gasteiger partial charge in [0.2, 0.25) is 0 Å². The summed E-state index contributed by atoms with van der Waals surface area (Å²) in [6.45, 7) is 4.08. The molecule has 0 bridgehead atoms. The van der Waals surface area contributed by atoms with Crippen LogP contribution in [0, 0.1) is 23.2 Å². The van der Waals surface area contributed by atoms with Crippen LogP contribution in [0.3, 0.4) is 0 Å². The fourth-order valence-corrected chi connectivity index (χ4v) is 1.84. The Hall–Kier alpha value is -0.710. The van der Waals surface area contributed by atoms with Crippen molar-refractivity contribution in [3.05, 3.63) is 33.8 Å². The van der Waals surface area contributed by atoms with Crippen LogP contribution in [0.15, 0.2) is 18.2 Å². The minimum absolute atomic E-state index is 0.00340. The largest absolute Gasteiger partial charge is 0.198 e. The van der Waals surface area contributed by atoms with Crippen molar-refractivity contribution in [2.75, 3.05) is 0 Å². The van der Waals surface area contributed by atoms with Gasteiger partial charge in [0.15, 0.2) is 0 Å². The van der Waals surface area contributed by atoms with Gasteiger partial charge in [-0.2, -0.15) is 5.26 Å². The van der Waals surface area contributed by atoms with E-state index in [2.05, 4.69) is 6.07 Å². The minimum Gasteiger partial charge on any atom is -0.198 e. The van der Waals surface area contributed by atoms with Crippen molar-refractivity contribution in [1.29, 1.82) is 5.26 Å². The number of nitrogens with zero attached hydrogens (tertiary/aromatic N) is 1. The molecule has 0 radical (unpaired) electrons. The van der Waals surface area contributed by atoms with Crippen LogP contribution in [0.25, 0.3) is 0 Å². The van der Waals surface area contributed by atoms with Gasteiger partial charge in [-0.25, -0.2) is 0 Å². The van der Waals surface area contributed by atoms with E-state index < -0.39 is 0 Å². The normalized spacial score (nSPS) is 12.5. The Morgan fingerprint density at radius 2 is 2.00 bits per heavy atom. The van der Waals surface area contributed by atoms with Crippen LogP contribution >= 0.6 is 23.2 Å². The molecule has 0 saturated heterocycles. The first-order valence-electron chi connectivity index (χ1n) is 4.88. The molecule has 0 heterocycles. The summed E-state index contributed by atoms with van der Waals surface area (Å²) in [7, 11) is 0. The van der Waals surface area contributed by atoms with Crippen LogP contribution in [0.5, 0.6) is 0 Å². The van der Waals surface area contributed by atoms with E-state index in [0.717, 1.165) is 5.56 Å². The van der Waals surface area contributed by atoms with Gasteiger partial charge < -0.3 is 0 Å². The maximum absolute atomic E-state index is 8.98. The summed E-state index contributed by atoms with van der Waals surface area (Å²) >= 11 is 11.8. The zero-order valence-corrected chi connectivity index (χ0v) is 10.3. The third-order valence-corrected chi connectivity index (χ3v) is 3.01. The molecule has 0 fully saturated rings. The number of halogens is 2. The van der Waals surface area contributed by atoms with E-state index in [1.807, 2.05) is 19.9 Å². The highest BCUT2D eigenvalue weighted by Crippen LogP contribution is 2.25. The molecule has 3 heteroatoms. The Kier molecular flexibility index (Phi) is 4.45. The maximum Gasteiger partial charge on any atom is 0.0661 e. The maximum atomic E-state index is 8.98. The molecular formula is C12H13Cl2N. The van der Waals surface area contributed by atoms with Gasteiger partial charge in [-0.05, 0) is 30.0 Å². The second-order valence-corrected chi connectivity index (χ2v) is 4.76. The molecule has 0 spiro atoms. The summed E-state index contributed by atoms with van der Waals surface area (Å²) < 4.78 is 0. The Bertz CT molecular complexity index is 380. The van der Waals surface area contributed by atoms with E-state index in [0.29, 0.717) is 22.4 Å². The first-order chi connectivity index (χ1) is 7.04. The zero-order valence-electron chi connectivity index (χ0n) is 8.80. The van der Waals surface area contributed by atoms with Gasteiger partial charge in [-0.3, -0.25) is 0 Å². The lowest BCUT2D eigenvalue weighted by Gasteiger charge is -2.13. The molecule has 0 aliphatic heterocycles.